The number of nitrogens with two attached hydrogens (primary N) is 1. The Morgan fingerprint density at radius 2 is 1.58 bits per heavy atom. The zero-order valence-corrected chi connectivity index (χ0v) is 12.8. The van der Waals surface area contributed by atoms with E-state index in [9.17, 15) is 4.79 Å². The van der Waals surface area contributed by atoms with Crippen LogP contribution in [0.15, 0.2) is 24.3 Å². The van der Waals surface area contributed by atoms with Crippen molar-refractivity contribution in [2.75, 3.05) is 0 Å². The van der Waals surface area contributed by atoms with Gasteiger partial charge in [0.2, 0.25) is 0 Å². The third-order valence-corrected chi connectivity index (χ3v) is 3.14. The molecule has 1 rings (SSSR count). The van der Waals surface area contributed by atoms with Gasteiger partial charge in [-0.05, 0) is 47.1 Å². The van der Waals surface area contributed by atoms with Gasteiger partial charge in [0.05, 0.1) is 5.41 Å². The second-order valence-electron chi connectivity index (χ2n) is 6.61. The molecule has 1 aromatic rings. The van der Waals surface area contributed by atoms with Gasteiger partial charge in [0.15, 0.2) is 0 Å². The molecule has 2 N–H and O–H groups in total. The molecule has 0 bridgehead atoms. The molecule has 0 aliphatic rings. The molecular formula is C16H25NO2. The van der Waals surface area contributed by atoms with Gasteiger partial charge in [0.25, 0.3) is 0 Å². The number of carbonyl (C=O) groups excluding carboxylic acids is 1. The number of rotatable bonds is 3. The van der Waals surface area contributed by atoms with E-state index in [0.29, 0.717) is 0 Å². The third-order valence-electron chi connectivity index (χ3n) is 3.14. The SMILES string of the molecule is Cc1ccc([C@H](N)C(C)(C)C(=O)OC(C)(C)C)cc1. The summed E-state index contributed by atoms with van der Waals surface area (Å²) in [6.07, 6.45) is 0. The number of carbonyl (C=O) groups is 1. The molecule has 0 radical (unpaired) electrons. The van der Waals surface area contributed by atoms with Gasteiger partial charge in [-0.2, -0.15) is 0 Å². The Bertz CT molecular complexity index is 441. The first-order chi connectivity index (χ1) is 8.54. The van der Waals surface area contributed by atoms with E-state index in [1.807, 2.05) is 65.8 Å². The lowest BCUT2D eigenvalue weighted by Crippen LogP contribution is -2.41. The number of hydrogen-bond acceptors (Lipinski definition) is 3. The molecule has 0 aliphatic heterocycles. The van der Waals surface area contributed by atoms with Crippen LogP contribution in [0.4, 0.5) is 0 Å². The summed E-state index contributed by atoms with van der Waals surface area (Å²) in [6.45, 7) is 11.3. The monoisotopic (exact) mass is 263 g/mol. The molecule has 0 heterocycles. The molecule has 0 unspecified atom stereocenters. The minimum atomic E-state index is -0.761. The summed E-state index contributed by atoms with van der Waals surface area (Å²) >= 11 is 0. The highest BCUT2D eigenvalue weighted by atomic mass is 16.6. The van der Waals surface area contributed by atoms with Crippen LogP contribution in [0.5, 0.6) is 0 Å². The van der Waals surface area contributed by atoms with Gasteiger partial charge in [0, 0.05) is 6.04 Å². The van der Waals surface area contributed by atoms with Crippen molar-refractivity contribution in [2.45, 2.75) is 53.2 Å². The molecule has 1 atom stereocenters. The lowest BCUT2D eigenvalue weighted by Gasteiger charge is -2.33. The van der Waals surface area contributed by atoms with Crippen LogP contribution in [0.3, 0.4) is 0 Å². The van der Waals surface area contributed by atoms with Crippen LogP contribution in [0.2, 0.25) is 0 Å². The standard InChI is InChI=1S/C16H25NO2/c1-11-7-9-12(10-8-11)13(17)16(5,6)14(18)19-15(2,3)4/h7-10,13H,17H2,1-6H3/t13-/m0/s1. The first kappa shape index (κ1) is 15.7. The first-order valence-corrected chi connectivity index (χ1v) is 6.59. The zero-order chi connectivity index (χ0) is 14.8. The second kappa shape index (κ2) is 5.33. The molecule has 3 heteroatoms. The quantitative estimate of drug-likeness (QED) is 0.851. The Balaban J connectivity index is 2.92. The Labute approximate surface area is 116 Å². The smallest absolute Gasteiger partial charge is 0.313 e. The fraction of sp³-hybridized carbons (Fsp3) is 0.562. The lowest BCUT2D eigenvalue weighted by atomic mass is 9.80. The van der Waals surface area contributed by atoms with E-state index in [1.54, 1.807) is 0 Å². The van der Waals surface area contributed by atoms with Crippen LogP contribution in [0, 0.1) is 12.3 Å². The number of hydrogen-bond donors (Lipinski definition) is 1. The van der Waals surface area contributed by atoms with Crippen molar-refractivity contribution in [3.8, 4) is 0 Å². The zero-order valence-electron chi connectivity index (χ0n) is 12.8. The third kappa shape index (κ3) is 4.06. The topological polar surface area (TPSA) is 52.3 Å². The maximum absolute atomic E-state index is 12.3. The number of aryl methyl sites for hydroxylation is 1. The molecule has 106 valence electrons. The van der Waals surface area contributed by atoms with E-state index in [1.165, 1.54) is 5.56 Å². The normalized spacial score (nSPS) is 14.1. The van der Waals surface area contributed by atoms with Crippen LogP contribution in [0.25, 0.3) is 0 Å². The van der Waals surface area contributed by atoms with Crippen molar-refractivity contribution in [2.24, 2.45) is 11.1 Å². The largest absolute Gasteiger partial charge is 0.460 e. The second-order valence-corrected chi connectivity index (χ2v) is 6.61. The minimum absolute atomic E-state index is 0.270. The van der Waals surface area contributed by atoms with Crippen LogP contribution < -0.4 is 5.73 Å². The lowest BCUT2D eigenvalue weighted by molar-refractivity contribution is -0.167. The maximum Gasteiger partial charge on any atom is 0.313 e. The van der Waals surface area contributed by atoms with Gasteiger partial charge >= 0.3 is 5.97 Å². The number of ether oxygens (including phenoxy) is 1. The van der Waals surface area contributed by atoms with Crippen molar-refractivity contribution >= 4 is 5.97 Å². The molecule has 0 spiro atoms. The fourth-order valence-electron chi connectivity index (χ4n) is 1.73. The van der Waals surface area contributed by atoms with E-state index < -0.39 is 11.0 Å². The van der Waals surface area contributed by atoms with Gasteiger partial charge in [-0.3, -0.25) is 4.79 Å². The van der Waals surface area contributed by atoms with Gasteiger partial charge in [-0.15, -0.1) is 0 Å². The number of esters is 1. The van der Waals surface area contributed by atoms with Crippen molar-refractivity contribution < 1.29 is 9.53 Å². The fourth-order valence-corrected chi connectivity index (χ4v) is 1.73. The average molecular weight is 263 g/mol. The van der Waals surface area contributed by atoms with Crippen molar-refractivity contribution in [3.05, 3.63) is 35.4 Å². The summed E-state index contributed by atoms with van der Waals surface area (Å²) in [5.41, 5.74) is 7.10. The van der Waals surface area contributed by atoms with E-state index in [2.05, 4.69) is 0 Å². The van der Waals surface area contributed by atoms with Crippen molar-refractivity contribution in [1.82, 2.24) is 0 Å². The maximum atomic E-state index is 12.3. The van der Waals surface area contributed by atoms with Crippen LogP contribution in [-0.4, -0.2) is 11.6 Å². The molecule has 0 aliphatic carbocycles. The van der Waals surface area contributed by atoms with E-state index in [0.717, 1.165) is 5.56 Å². The Kier molecular flexibility index (Phi) is 4.41. The van der Waals surface area contributed by atoms with E-state index in [-0.39, 0.29) is 12.0 Å². The molecule has 0 saturated heterocycles. The Morgan fingerprint density at radius 1 is 1.11 bits per heavy atom. The molecular weight excluding hydrogens is 238 g/mol. The Hall–Kier alpha value is -1.35. The molecule has 0 amide bonds. The number of benzene rings is 1. The molecule has 0 saturated carbocycles. The molecule has 0 aromatic heterocycles. The summed E-state index contributed by atoms with van der Waals surface area (Å²) in [4.78, 5) is 12.3. The predicted molar refractivity (Wildman–Crippen MR) is 77.7 cm³/mol. The average Bonchev–Trinajstić information content (AvgIpc) is 2.26. The molecule has 1 aromatic carbocycles. The summed E-state index contributed by atoms with van der Waals surface area (Å²) < 4.78 is 5.45. The van der Waals surface area contributed by atoms with Crippen molar-refractivity contribution in [1.29, 1.82) is 0 Å². The minimum Gasteiger partial charge on any atom is -0.460 e. The van der Waals surface area contributed by atoms with E-state index >= 15 is 0 Å². The van der Waals surface area contributed by atoms with Gasteiger partial charge in [-0.25, -0.2) is 0 Å². The summed E-state index contributed by atoms with van der Waals surface area (Å²) in [5, 5.41) is 0. The highest BCUT2D eigenvalue weighted by Crippen LogP contribution is 2.34. The summed E-state index contributed by atoms with van der Waals surface area (Å²) in [7, 11) is 0. The van der Waals surface area contributed by atoms with Gasteiger partial charge in [0.1, 0.15) is 5.60 Å². The van der Waals surface area contributed by atoms with Gasteiger partial charge < -0.3 is 10.5 Å². The highest BCUT2D eigenvalue weighted by Gasteiger charge is 2.38. The van der Waals surface area contributed by atoms with Crippen LogP contribution in [0.1, 0.15) is 51.8 Å². The predicted octanol–water partition coefficient (Wildman–Crippen LogP) is 3.36. The van der Waals surface area contributed by atoms with Crippen LogP contribution in [-0.2, 0) is 9.53 Å². The molecule has 19 heavy (non-hydrogen) atoms. The Morgan fingerprint density at radius 3 is 2.00 bits per heavy atom. The highest BCUT2D eigenvalue weighted by molar-refractivity contribution is 5.77. The summed E-state index contributed by atoms with van der Waals surface area (Å²) in [6, 6.07) is 7.54. The van der Waals surface area contributed by atoms with Gasteiger partial charge in [-0.1, -0.05) is 29.8 Å². The molecule has 3 nitrogen and oxygen atoms in total. The molecule has 0 fully saturated rings. The van der Waals surface area contributed by atoms with Crippen LogP contribution >= 0.6 is 0 Å². The first-order valence-electron chi connectivity index (χ1n) is 6.59. The summed E-state index contributed by atoms with van der Waals surface area (Å²) in [5.74, 6) is -0.270. The van der Waals surface area contributed by atoms with Crippen molar-refractivity contribution in [3.63, 3.8) is 0 Å². The van der Waals surface area contributed by atoms with E-state index in [4.69, 9.17) is 10.5 Å².